The van der Waals surface area contributed by atoms with E-state index in [1.54, 1.807) is 102 Å². The van der Waals surface area contributed by atoms with Crippen molar-refractivity contribution < 1.29 is 64.9 Å². The Morgan fingerprint density at radius 3 is 1.49 bits per heavy atom. The molecule has 2 unspecified atom stereocenters. The zero-order valence-electron chi connectivity index (χ0n) is 69.0. The van der Waals surface area contributed by atoms with Gasteiger partial charge < -0.3 is 44.9 Å². The molecule has 6 N–H and O–H groups in total. The number of nitrogens with zero attached hydrogens (tertiary/aromatic N) is 13. The predicted octanol–water partition coefficient (Wildman–Crippen LogP) is 13.4. The number of H-pyrrole nitrogens is 3. The van der Waals surface area contributed by atoms with Crippen LogP contribution in [0.1, 0.15) is 71.9 Å². The minimum Gasteiger partial charge on any atom is -0.384 e. The van der Waals surface area contributed by atoms with E-state index in [0.29, 0.717) is 136 Å². The monoisotopic (exact) mass is 1760 g/mol. The Kier molecular flexibility index (Phi) is 25.8. The second-order valence-corrected chi connectivity index (χ2v) is 34.7. The van der Waals surface area contributed by atoms with E-state index in [2.05, 4.69) is 89.4 Å². The molecule has 4 saturated heterocycles. The maximum absolute atomic E-state index is 15.3. The van der Waals surface area contributed by atoms with Gasteiger partial charge in [0.05, 0.1) is 53.9 Å². The predicted molar refractivity (Wildman–Crippen MR) is 468 cm³/mol. The molecule has 4 fully saturated rings. The molecule has 14 heterocycles. The summed E-state index contributed by atoms with van der Waals surface area (Å²) < 4.78 is 85.5. The van der Waals surface area contributed by atoms with Crippen molar-refractivity contribution in [3.63, 3.8) is 0 Å². The number of pyridine rings is 2. The van der Waals surface area contributed by atoms with Crippen molar-refractivity contribution in [2.45, 2.75) is 74.9 Å². The molecule has 6 aliphatic rings. The van der Waals surface area contributed by atoms with E-state index in [-0.39, 0.29) is 92.5 Å². The van der Waals surface area contributed by atoms with Gasteiger partial charge in [-0.3, -0.25) is 68.7 Å². The van der Waals surface area contributed by atoms with Crippen molar-refractivity contribution in [3.05, 3.63) is 200 Å². The lowest BCUT2D eigenvalue weighted by atomic mass is 9.86. The molecule has 0 bridgehead atoms. The number of aromatic amines is 3. The number of benzene rings is 4. The Balaban J connectivity index is 0.000000138. The van der Waals surface area contributed by atoms with Crippen molar-refractivity contribution >= 4 is 130 Å². The highest BCUT2D eigenvalue weighted by atomic mass is 32.1. The number of hydrogen-bond donors (Lipinski definition) is 6. The van der Waals surface area contributed by atoms with Crippen LogP contribution in [0.25, 0.3) is 77.6 Å². The lowest BCUT2D eigenvalue weighted by Gasteiger charge is -2.36. The number of anilines is 3. The molecule has 4 aromatic carbocycles. The number of hydrogen-bond acceptors (Lipinski definition) is 22. The van der Waals surface area contributed by atoms with Crippen molar-refractivity contribution in [2.24, 2.45) is 5.41 Å². The van der Waals surface area contributed by atoms with E-state index in [4.69, 9.17) is 14.2 Å². The Hall–Kier alpha value is -11.7. The number of amides is 6. The third kappa shape index (κ3) is 19.3. The molecule has 0 radical (unpaired) electrons. The molecule has 3 atom stereocenters. The smallest absolute Gasteiger partial charge is 0.384 e. The second kappa shape index (κ2) is 37.2. The first-order chi connectivity index (χ1) is 60.4. The van der Waals surface area contributed by atoms with E-state index in [1.807, 2.05) is 85.3 Å². The number of nitrogens with one attached hydrogen (secondary N) is 6. The van der Waals surface area contributed by atoms with Crippen molar-refractivity contribution in [1.82, 2.24) is 79.9 Å². The number of aromatic nitrogens is 10. The van der Waals surface area contributed by atoms with Crippen LogP contribution in [0.15, 0.2) is 168 Å². The molecule has 28 nitrogen and oxygen atoms in total. The summed E-state index contributed by atoms with van der Waals surface area (Å²) in [5.74, 6) is -1.09. The Morgan fingerprint density at radius 2 is 1.00 bits per heavy atom. The zero-order chi connectivity index (χ0) is 87.2. The van der Waals surface area contributed by atoms with E-state index in [1.165, 1.54) is 47.8 Å². The second-order valence-electron chi connectivity index (χ2n) is 32.1. The number of likely N-dealkylation sites (tertiary alicyclic amines) is 4. The molecule has 8 aromatic heterocycles. The lowest BCUT2D eigenvalue weighted by molar-refractivity contribution is -0.141. The van der Waals surface area contributed by atoms with Gasteiger partial charge in [0.2, 0.25) is 23.6 Å². The topological polar surface area (TPSA) is 323 Å². The number of aryl methyl sites for hydroxylation is 1. The molecule has 12 aromatic rings. The lowest BCUT2D eigenvalue weighted by Crippen LogP contribution is -2.48. The quantitative estimate of drug-likeness (QED) is 0.0343. The standard InChI is InChI=1S/C30H32F2N6O3S.C30H32N6O3S.C29H28F3N7O3S/c1-41-19-29(8-12-37(18-29)17-25(39)38-13-9-30(32,10-14-38)28-33-11-15-42-28)27(40)34-22-6-7-24-23(16-22)26(36-35-24)20-2-4-21(31)5-3-20;1-20-15-22(5-10-31-20)28-25-16-24(3-4-26(25)33-34-28)32-29(38)30(39-2)9-13-35(19-30)17-27(37)36-11-6-21(7-12-36)23-8-14-40-18-23;1-42-28(7-12-38(17-28)16-24(40)39-10-5-18(6-11-39)26-34-9-13-43-26)27(41)35-20-2-3-22-21(15-20)25(37-36-22)19-4-8-33-23(14-19)29(30,31)32/h2-7,11,15-16H,8-10,12-14,17-19H2,1H3,(H,34,40)(H,35,36);3-6,8,10,14-16,18H,7,9,11-13,17,19H2,1-2H3,(H,32,38)(H,33,34);2-5,8-9,13-15H,6-7,10-12,16-17H2,1H3,(H,35,41)(H,36,37)/t;;28-/m..0/s1. The number of carbonyl (C=O) groups excluding carboxylic acids is 6. The van der Waals surface area contributed by atoms with Crippen molar-refractivity contribution in [1.29, 1.82) is 0 Å². The molecule has 6 aliphatic heterocycles. The molecule has 6 amide bonds. The number of halogens is 5. The molecule has 125 heavy (non-hydrogen) atoms. The zero-order valence-corrected chi connectivity index (χ0v) is 71.5. The average molecular weight is 1760 g/mol. The highest BCUT2D eigenvalue weighted by molar-refractivity contribution is 7.10. The van der Waals surface area contributed by atoms with Crippen molar-refractivity contribution in [3.8, 4) is 33.8 Å². The fourth-order valence-corrected chi connectivity index (χ4v) is 19.2. The van der Waals surface area contributed by atoms with Crippen LogP contribution in [0.4, 0.5) is 39.0 Å². The first-order valence-corrected chi connectivity index (χ1v) is 43.7. The SMILES string of the molecule is COC1(C(=O)Nc2ccc3[nH]nc(-c4ccnc(C)c4)c3c2)CCN(CC(=O)N2CC=C(c3ccsc3)CC2)C1.COCC1(C(=O)Nc2ccc3[nH]nc(-c4ccc(F)cc4)c3c2)CCN(CC(=O)N2CCC(F)(c3nccs3)CC2)C1.CO[C@@]1(C(=O)Nc2ccc3[nH]nc(-c4ccnc(C(F)(F)F)c4)c3c2)CCN(CC(=O)N2CC=C(c3nccs3)CC2)C1. The van der Waals surface area contributed by atoms with Crippen LogP contribution in [0.3, 0.4) is 0 Å². The number of alkyl halides is 4. The Labute approximate surface area is 727 Å². The third-order valence-corrected chi connectivity index (χ3v) is 26.6. The number of methoxy groups -OCH3 is 3. The van der Waals surface area contributed by atoms with E-state index < -0.39 is 34.2 Å². The summed E-state index contributed by atoms with van der Waals surface area (Å²) >= 11 is 4.58. The number of thiophene rings is 1. The molecule has 36 heteroatoms. The number of piperidine rings is 1. The number of carbonyl (C=O) groups is 6. The first kappa shape index (κ1) is 86.8. The normalized spacial score (nSPS) is 20.0. The summed E-state index contributed by atoms with van der Waals surface area (Å²) in [5, 5.41) is 42.6. The minimum absolute atomic E-state index is 0.00974. The van der Waals surface area contributed by atoms with Crippen LogP contribution >= 0.6 is 34.0 Å². The first-order valence-electron chi connectivity index (χ1n) is 41.0. The van der Waals surface area contributed by atoms with Gasteiger partial charge in [-0.2, -0.15) is 39.8 Å². The fourth-order valence-electron chi connectivity index (χ4n) is 17.1. The Bertz CT molecular complexity index is 5980. The third-order valence-electron chi connectivity index (χ3n) is 24.2. The van der Waals surface area contributed by atoms with Gasteiger partial charge in [-0.1, -0.05) is 12.2 Å². The van der Waals surface area contributed by atoms with Crippen LogP contribution < -0.4 is 16.0 Å². The molecular formula is C89H92F5N19O9S3. The summed E-state index contributed by atoms with van der Waals surface area (Å²) in [6.45, 7) is 8.56. The van der Waals surface area contributed by atoms with Gasteiger partial charge in [-0.05, 0) is 182 Å². The maximum Gasteiger partial charge on any atom is 0.433 e. The Morgan fingerprint density at radius 1 is 0.496 bits per heavy atom. The van der Waals surface area contributed by atoms with Gasteiger partial charge in [0.15, 0.2) is 16.9 Å². The molecular weight excluding hydrogens is 1670 g/mol. The molecule has 650 valence electrons. The van der Waals surface area contributed by atoms with Gasteiger partial charge in [0, 0.05) is 197 Å². The summed E-state index contributed by atoms with van der Waals surface area (Å²) in [5.41, 5.74) is 6.79. The summed E-state index contributed by atoms with van der Waals surface area (Å²) in [4.78, 5) is 107. The highest BCUT2D eigenvalue weighted by Crippen LogP contribution is 2.42. The number of ether oxygens (including phenoxy) is 3. The highest BCUT2D eigenvalue weighted by Gasteiger charge is 2.49. The molecule has 0 saturated carbocycles. The van der Waals surface area contributed by atoms with Crippen LogP contribution in [-0.2, 0) is 54.8 Å². The van der Waals surface area contributed by atoms with Gasteiger partial charge in [-0.25, -0.2) is 18.7 Å². The van der Waals surface area contributed by atoms with Crippen LogP contribution in [0.5, 0.6) is 0 Å². The van der Waals surface area contributed by atoms with Gasteiger partial charge in [-0.15, -0.1) is 22.7 Å². The van der Waals surface area contributed by atoms with Crippen molar-refractivity contribution in [2.75, 3.05) is 142 Å². The van der Waals surface area contributed by atoms with Gasteiger partial charge in [0.1, 0.15) is 32.9 Å². The molecule has 0 spiro atoms. The van der Waals surface area contributed by atoms with E-state index in [0.717, 1.165) is 80.0 Å². The van der Waals surface area contributed by atoms with Crippen LogP contribution in [0, 0.1) is 18.2 Å². The number of fused-ring (bicyclic) bond motifs is 3. The fraction of sp³-hybridized carbons (Fsp3) is 0.360. The molecule has 18 rings (SSSR count). The number of rotatable bonds is 22. The van der Waals surface area contributed by atoms with Gasteiger partial charge >= 0.3 is 6.18 Å². The van der Waals surface area contributed by atoms with E-state index >= 15 is 4.39 Å². The summed E-state index contributed by atoms with van der Waals surface area (Å²) in [6, 6.07) is 30.7. The summed E-state index contributed by atoms with van der Waals surface area (Å²) in [6.07, 6.45) is 9.34. The average Bonchev–Trinajstić information content (AvgIpc) is 1.66. The van der Waals surface area contributed by atoms with Gasteiger partial charge in [0.25, 0.3) is 11.8 Å². The largest absolute Gasteiger partial charge is 0.433 e. The van der Waals surface area contributed by atoms with Crippen LogP contribution in [0.2, 0.25) is 0 Å². The van der Waals surface area contributed by atoms with Crippen LogP contribution in [-0.4, -0.2) is 253 Å². The maximum atomic E-state index is 15.3. The number of thiazole rings is 2. The minimum atomic E-state index is -4.59. The summed E-state index contributed by atoms with van der Waals surface area (Å²) in [7, 11) is 4.60. The molecule has 0 aliphatic carbocycles. The van der Waals surface area contributed by atoms with E-state index in [9.17, 15) is 46.3 Å².